The maximum Gasteiger partial charge on any atom is 0.315 e. The minimum atomic E-state index is -0.00527. The molecule has 116 valence electrons. The fourth-order valence-corrected chi connectivity index (χ4v) is 3.06. The number of rotatable bonds is 5. The molecule has 21 heavy (non-hydrogen) atoms. The van der Waals surface area contributed by atoms with Gasteiger partial charge in [0.2, 0.25) is 0 Å². The van der Waals surface area contributed by atoms with Crippen molar-refractivity contribution in [2.45, 2.75) is 64.5 Å². The summed E-state index contributed by atoms with van der Waals surface area (Å²) in [6.45, 7) is 4.32. The van der Waals surface area contributed by atoms with Crippen molar-refractivity contribution in [2.75, 3.05) is 0 Å². The summed E-state index contributed by atoms with van der Waals surface area (Å²) in [4.78, 5) is 12.1. The first-order valence-corrected chi connectivity index (χ1v) is 8.26. The van der Waals surface area contributed by atoms with E-state index >= 15 is 0 Å². The molecule has 0 saturated heterocycles. The van der Waals surface area contributed by atoms with Crippen LogP contribution in [-0.2, 0) is 6.42 Å². The predicted octanol–water partition coefficient (Wildman–Crippen LogP) is 3.89. The molecule has 0 unspecified atom stereocenters. The first-order chi connectivity index (χ1) is 10.1. The minimum absolute atomic E-state index is 0.00527. The number of hydrogen-bond acceptors (Lipinski definition) is 1. The molecule has 0 radical (unpaired) electrons. The van der Waals surface area contributed by atoms with Crippen molar-refractivity contribution < 1.29 is 4.79 Å². The van der Waals surface area contributed by atoms with E-state index < -0.39 is 0 Å². The molecule has 1 saturated carbocycles. The van der Waals surface area contributed by atoms with Crippen molar-refractivity contribution in [3.05, 3.63) is 35.9 Å². The van der Waals surface area contributed by atoms with Gasteiger partial charge < -0.3 is 10.6 Å². The van der Waals surface area contributed by atoms with Crippen LogP contribution in [0.1, 0.15) is 51.5 Å². The molecule has 2 rings (SSSR count). The molecule has 0 spiro atoms. The van der Waals surface area contributed by atoms with Crippen LogP contribution in [0.3, 0.4) is 0 Å². The van der Waals surface area contributed by atoms with Crippen molar-refractivity contribution in [1.82, 2.24) is 10.6 Å². The van der Waals surface area contributed by atoms with Gasteiger partial charge in [-0.3, -0.25) is 0 Å². The van der Waals surface area contributed by atoms with Crippen molar-refractivity contribution in [1.29, 1.82) is 0 Å². The lowest BCUT2D eigenvalue weighted by molar-refractivity contribution is 0.218. The largest absolute Gasteiger partial charge is 0.336 e. The Hall–Kier alpha value is -1.51. The van der Waals surface area contributed by atoms with Crippen molar-refractivity contribution in [3.8, 4) is 0 Å². The van der Waals surface area contributed by atoms with Crippen molar-refractivity contribution in [3.63, 3.8) is 0 Å². The molecule has 2 amide bonds. The molecule has 0 aliphatic heterocycles. The van der Waals surface area contributed by atoms with Crippen LogP contribution >= 0.6 is 0 Å². The number of nitrogens with one attached hydrogen (secondary N) is 2. The molecule has 1 fully saturated rings. The smallest absolute Gasteiger partial charge is 0.315 e. The molecule has 1 aliphatic rings. The van der Waals surface area contributed by atoms with E-state index in [0.717, 1.165) is 19.3 Å². The maximum atomic E-state index is 12.1. The zero-order chi connectivity index (χ0) is 15.1. The van der Waals surface area contributed by atoms with Crippen LogP contribution in [0.5, 0.6) is 0 Å². The second kappa shape index (κ2) is 8.06. The highest BCUT2D eigenvalue weighted by Crippen LogP contribution is 2.23. The van der Waals surface area contributed by atoms with Crippen molar-refractivity contribution in [2.24, 2.45) is 5.92 Å². The molecule has 1 aliphatic carbocycles. The van der Waals surface area contributed by atoms with Gasteiger partial charge in [0.1, 0.15) is 0 Å². The number of aryl methyl sites for hydroxylation is 1. The van der Waals surface area contributed by atoms with E-state index in [0.29, 0.717) is 12.0 Å². The molecule has 1 aromatic rings. The van der Waals surface area contributed by atoms with Crippen LogP contribution in [0.4, 0.5) is 4.79 Å². The number of hydrogen-bond donors (Lipinski definition) is 2. The third-order valence-corrected chi connectivity index (χ3v) is 4.51. The lowest BCUT2D eigenvalue weighted by atomic mass is 9.86. The normalized spacial score (nSPS) is 23.3. The lowest BCUT2D eigenvalue weighted by Gasteiger charge is -2.30. The molecule has 0 aromatic heterocycles. The third-order valence-electron chi connectivity index (χ3n) is 4.51. The van der Waals surface area contributed by atoms with Crippen LogP contribution in [0.25, 0.3) is 0 Å². The number of benzene rings is 1. The van der Waals surface area contributed by atoms with Crippen LogP contribution in [-0.4, -0.2) is 18.1 Å². The van der Waals surface area contributed by atoms with E-state index in [9.17, 15) is 4.79 Å². The second-order valence-electron chi connectivity index (χ2n) is 6.41. The van der Waals surface area contributed by atoms with E-state index in [1.807, 2.05) is 6.07 Å². The zero-order valence-electron chi connectivity index (χ0n) is 13.3. The van der Waals surface area contributed by atoms with Crippen LogP contribution in [0, 0.1) is 5.92 Å². The summed E-state index contributed by atoms with van der Waals surface area (Å²) in [5, 5.41) is 6.22. The van der Waals surface area contributed by atoms with E-state index in [2.05, 4.69) is 48.7 Å². The third kappa shape index (κ3) is 5.41. The topological polar surface area (TPSA) is 41.1 Å². The Balaban J connectivity index is 1.69. The quantitative estimate of drug-likeness (QED) is 0.848. The van der Waals surface area contributed by atoms with Crippen LogP contribution in [0.2, 0.25) is 0 Å². The van der Waals surface area contributed by atoms with Gasteiger partial charge in [-0.2, -0.15) is 0 Å². The Morgan fingerprint density at radius 1 is 1.24 bits per heavy atom. The summed E-state index contributed by atoms with van der Waals surface area (Å²) in [6.07, 6.45) is 6.86. The number of urea groups is 1. The van der Waals surface area contributed by atoms with E-state index in [4.69, 9.17) is 0 Å². The van der Waals surface area contributed by atoms with E-state index in [1.165, 1.54) is 24.8 Å². The highest BCUT2D eigenvalue weighted by molar-refractivity contribution is 5.74. The molecule has 0 bridgehead atoms. The number of carbonyl (C=O) groups excluding carboxylic acids is 1. The van der Waals surface area contributed by atoms with E-state index in [1.54, 1.807) is 0 Å². The highest BCUT2D eigenvalue weighted by atomic mass is 16.2. The second-order valence-corrected chi connectivity index (χ2v) is 6.41. The Labute approximate surface area is 128 Å². The predicted molar refractivity (Wildman–Crippen MR) is 87.3 cm³/mol. The fourth-order valence-electron chi connectivity index (χ4n) is 3.06. The summed E-state index contributed by atoms with van der Waals surface area (Å²) in [5.41, 5.74) is 1.33. The van der Waals surface area contributed by atoms with Gasteiger partial charge in [0, 0.05) is 12.1 Å². The van der Waals surface area contributed by atoms with Gasteiger partial charge in [0.25, 0.3) is 0 Å². The van der Waals surface area contributed by atoms with Gasteiger partial charge in [-0.15, -0.1) is 0 Å². The summed E-state index contributed by atoms with van der Waals surface area (Å²) in [5.74, 6) is 0.601. The Bertz CT molecular complexity index is 432. The van der Waals surface area contributed by atoms with Crippen LogP contribution < -0.4 is 10.6 Å². The molecule has 0 heterocycles. The number of amides is 2. The van der Waals surface area contributed by atoms with Gasteiger partial charge in [-0.25, -0.2) is 4.79 Å². The van der Waals surface area contributed by atoms with Gasteiger partial charge in [-0.05, 0) is 44.1 Å². The monoisotopic (exact) mass is 288 g/mol. The first-order valence-electron chi connectivity index (χ1n) is 8.26. The minimum Gasteiger partial charge on any atom is -0.336 e. The Morgan fingerprint density at radius 2 is 1.95 bits per heavy atom. The Kier molecular flexibility index (Phi) is 6.09. The van der Waals surface area contributed by atoms with Crippen molar-refractivity contribution >= 4 is 6.03 Å². The average Bonchev–Trinajstić information content (AvgIpc) is 2.48. The average molecular weight is 288 g/mol. The molecular weight excluding hydrogens is 260 g/mol. The standard InChI is InChI=1S/C18H28N2O/c1-14-8-6-7-11-17(14)20-18(21)19-15(2)12-13-16-9-4-3-5-10-16/h3-5,9-10,14-15,17H,6-8,11-13H2,1-2H3,(H2,19,20,21)/t14-,15+,17-/m0/s1. The fraction of sp³-hybridized carbons (Fsp3) is 0.611. The first kappa shape index (κ1) is 15.9. The Morgan fingerprint density at radius 3 is 2.67 bits per heavy atom. The molecular formula is C18H28N2O. The van der Waals surface area contributed by atoms with Crippen LogP contribution in [0.15, 0.2) is 30.3 Å². The van der Waals surface area contributed by atoms with E-state index in [-0.39, 0.29) is 12.1 Å². The van der Waals surface area contributed by atoms with Gasteiger partial charge >= 0.3 is 6.03 Å². The maximum absolute atomic E-state index is 12.1. The summed E-state index contributed by atoms with van der Waals surface area (Å²) in [6, 6.07) is 11.0. The van der Waals surface area contributed by atoms with Gasteiger partial charge in [0.05, 0.1) is 0 Å². The molecule has 3 heteroatoms. The lowest BCUT2D eigenvalue weighted by Crippen LogP contribution is -2.48. The van der Waals surface area contributed by atoms with Gasteiger partial charge in [0.15, 0.2) is 0 Å². The highest BCUT2D eigenvalue weighted by Gasteiger charge is 2.23. The summed E-state index contributed by atoms with van der Waals surface area (Å²) >= 11 is 0. The summed E-state index contributed by atoms with van der Waals surface area (Å²) < 4.78 is 0. The SMILES string of the molecule is C[C@H](CCc1ccccc1)NC(=O)N[C@H]1CCCC[C@@H]1C. The number of carbonyl (C=O) groups is 1. The molecule has 2 N–H and O–H groups in total. The zero-order valence-corrected chi connectivity index (χ0v) is 13.3. The summed E-state index contributed by atoms with van der Waals surface area (Å²) in [7, 11) is 0. The molecule has 3 atom stereocenters. The van der Waals surface area contributed by atoms with Gasteiger partial charge in [-0.1, -0.05) is 50.1 Å². The molecule has 3 nitrogen and oxygen atoms in total. The molecule has 1 aromatic carbocycles.